The van der Waals surface area contributed by atoms with Crippen molar-refractivity contribution in [1.82, 2.24) is 4.90 Å². The topological polar surface area (TPSA) is 40.5 Å². The molecule has 0 spiro atoms. The van der Waals surface area contributed by atoms with Crippen LogP contribution in [0.15, 0.2) is 0 Å². The van der Waals surface area contributed by atoms with Gasteiger partial charge in [-0.15, -0.1) is 11.6 Å². The summed E-state index contributed by atoms with van der Waals surface area (Å²) in [7, 11) is 0. The molecule has 2 rings (SSSR count). The Bertz CT molecular complexity index is 253. The lowest BCUT2D eigenvalue weighted by Crippen LogP contribution is -2.40. The molecule has 1 aliphatic carbocycles. The first kappa shape index (κ1) is 12.2. The molecule has 0 aromatic carbocycles. The zero-order valence-electron chi connectivity index (χ0n) is 9.57. The maximum Gasteiger partial charge on any atom is 0.322 e. The Balaban J connectivity index is 1.89. The normalized spacial score (nSPS) is 29.7. The lowest BCUT2D eigenvalue weighted by atomic mass is 9.96. The van der Waals surface area contributed by atoms with Crippen molar-refractivity contribution in [2.24, 2.45) is 5.92 Å². The first-order chi connectivity index (χ1) is 7.68. The van der Waals surface area contributed by atoms with Gasteiger partial charge in [-0.25, -0.2) is 0 Å². The molecule has 0 aromatic heterocycles. The lowest BCUT2D eigenvalue weighted by Gasteiger charge is -2.29. The largest absolute Gasteiger partial charge is 0.480 e. The molecule has 0 bridgehead atoms. The Morgan fingerprint density at radius 1 is 1.31 bits per heavy atom. The summed E-state index contributed by atoms with van der Waals surface area (Å²) >= 11 is 5.83. The molecule has 1 aliphatic heterocycles. The quantitative estimate of drug-likeness (QED) is 0.773. The van der Waals surface area contributed by atoms with Crippen molar-refractivity contribution in [1.29, 1.82) is 0 Å². The van der Waals surface area contributed by atoms with Crippen LogP contribution in [0, 0.1) is 5.92 Å². The number of nitrogens with zero attached hydrogens (tertiary/aromatic N) is 1. The number of likely N-dealkylation sites (tertiary alicyclic amines) is 1. The number of rotatable bonds is 4. The maximum atomic E-state index is 10.8. The Hall–Kier alpha value is -0.280. The van der Waals surface area contributed by atoms with Gasteiger partial charge in [0.05, 0.1) is 0 Å². The average molecular weight is 246 g/mol. The molecule has 2 fully saturated rings. The van der Waals surface area contributed by atoms with Crippen LogP contribution in [0.2, 0.25) is 0 Å². The summed E-state index contributed by atoms with van der Waals surface area (Å²) in [4.78, 5) is 13.1. The first-order valence-corrected chi connectivity index (χ1v) is 6.73. The summed E-state index contributed by atoms with van der Waals surface area (Å²) in [5.74, 6) is -0.0982. The fraction of sp³-hybridized carbons (Fsp3) is 0.917. The summed E-state index contributed by atoms with van der Waals surface area (Å²) in [5, 5.41) is 8.09. The van der Waals surface area contributed by atoms with Crippen molar-refractivity contribution in [3.63, 3.8) is 0 Å². The zero-order chi connectivity index (χ0) is 11.5. The molecule has 2 atom stereocenters. The molecule has 3 nitrogen and oxygen atoms in total. The summed E-state index contributed by atoms with van der Waals surface area (Å²) in [6.45, 7) is 1.54. The summed E-state index contributed by atoms with van der Waals surface area (Å²) < 4.78 is 0. The molecule has 2 aliphatic rings. The van der Waals surface area contributed by atoms with E-state index in [0.717, 1.165) is 12.5 Å². The van der Waals surface area contributed by atoms with Crippen molar-refractivity contribution >= 4 is 17.6 Å². The predicted molar refractivity (Wildman–Crippen MR) is 63.8 cm³/mol. The highest BCUT2D eigenvalue weighted by atomic mass is 35.5. The molecule has 1 saturated heterocycles. The van der Waals surface area contributed by atoms with E-state index in [1.807, 2.05) is 0 Å². The molecular formula is C12H20ClNO2. The van der Waals surface area contributed by atoms with Crippen LogP contribution in [0.4, 0.5) is 0 Å². The van der Waals surface area contributed by atoms with Gasteiger partial charge in [0.15, 0.2) is 0 Å². The van der Waals surface area contributed by atoms with Crippen molar-refractivity contribution in [3.8, 4) is 0 Å². The third-order valence-electron chi connectivity index (χ3n) is 4.02. The SMILES string of the molecule is O=C(O)C(Cl)CN1CCCC1C1CCCC1. The van der Waals surface area contributed by atoms with Gasteiger partial charge in [-0.05, 0) is 38.1 Å². The molecule has 1 N–H and O–H groups in total. The highest BCUT2D eigenvalue weighted by Gasteiger charge is 2.34. The fourth-order valence-corrected chi connectivity index (χ4v) is 3.42. The molecule has 0 radical (unpaired) electrons. The third-order valence-corrected chi connectivity index (χ3v) is 4.35. The van der Waals surface area contributed by atoms with Gasteiger partial charge >= 0.3 is 5.97 Å². The second kappa shape index (κ2) is 5.37. The maximum absolute atomic E-state index is 10.8. The Kier molecular flexibility index (Phi) is 4.09. The number of carboxylic acids is 1. The first-order valence-electron chi connectivity index (χ1n) is 6.29. The minimum Gasteiger partial charge on any atom is -0.480 e. The molecule has 0 aromatic rings. The number of aliphatic carboxylic acids is 1. The van der Waals surface area contributed by atoms with E-state index in [-0.39, 0.29) is 0 Å². The van der Waals surface area contributed by atoms with Gasteiger partial charge in [0, 0.05) is 12.6 Å². The zero-order valence-corrected chi connectivity index (χ0v) is 10.3. The van der Waals surface area contributed by atoms with E-state index in [1.165, 1.54) is 38.5 Å². The van der Waals surface area contributed by atoms with E-state index in [0.29, 0.717) is 12.6 Å². The minimum absolute atomic E-state index is 0.512. The smallest absolute Gasteiger partial charge is 0.322 e. The van der Waals surface area contributed by atoms with Gasteiger partial charge in [0.1, 0.15) is 5.38 Å². The summed E-state index contributed by atoms with van der Waals surface area (Å²) in [5.41, 5.74) is 0. The molecule has 2 unspecified atom stereocenters. The van der Waals surface area contributed by atoms with E-state index in [4.69, 9.17) is 16.7 Å². The van der Waals surface area contributed by atoms with Gasteiger partial charge in [-0.3, -0.25) is 9.69 Å². The highest BCUT2D eigenvalue weighted by Crippen LogP contribution is 2.35. The third kappa shape index (κ3) is 2.69. The van der Waals surface area contributed by atoms with Crippen LogP contribution in [0.3, 0.4) is 0 Å². The van der Waals surface area contributed by atoms with E-state index in [9.17, 15) is 4.79 Å². The number of alkyl halides is 1. The van der Waals surface area contributed by atoms with Crippen LogP contribution in [-0.2, 0) is 4.79 Å². The van der Waals surface area contributed by atoms with Crippen LogP contribution < -0.4 is 0 Å². The molecule has 1 saturated carbocycles. The van der Waals surface area contributed by atoms with Crippen LogP contribution in [0.25, 0.3) is 0 Å². The Morgan fingerprint density at radius 2 is 2.00 bits per heavy atom. The van der Waals surface area contributed by atoms with Gasteiger partial charge in [-0.2, -0.15) is 0 Å². The number of hydrogen-bond donors (Lipinski definition) is 1. The fourth-order valence-electron chi connectivity index (χ4n) is 3.24. The highest BCUT2D eigenvalue weighted by molar-refractivity contribution is 6.29. The molecule has 4 heteroatoms. The van der Waals surface area contributed by atoms with Gasteiger partial charge in [-0.1, -0.05) is 12.8 Å². The van der Waals surface area contributed by atoms with Crippen molar-refractivity contribution in [3.05, 3.63) is 0 Å². The van der Waals surface area contributed by atoms with Crippen LogP contribution in [0.5, 0.6) is 0 Å². The van der Waals surface area contributed by atoms with E-state index >= 15 is 0 Å². The van der Waals surface area contributed by atoms with Crippen molar-refractivity contribution < 1.29 is 9.90 Å². The summed E-state index contributed by atoms with van der Waals surface area (Å²) in [6.07, 6.45) is 7.76. The van der Waals surface area contributed by atoms with Crippen molar-refractivity contribution in [2.75, 3.05) is 13.1 Å². The lowest BCUT2D eigenvalue weighted by molar-refractivity contribution is -0.137. The Morgan fingerprint density at radius 3 is 2.62 bits per heavy atom. The summed E-state index contributed by atoms with van der Waals surface area (Å²) in [6, 6.07) is 0.600. The predicted octanol–water partition coefficient (Wildman–Crippen LogP) is 2.33. The minimum atomic E-state index is -0.890. The van der Waals surface area contributed by atoms with Gasteiger partial charge in [0.25, 0.3) is 0 Å². The number of hydrogen-bond acceptors (Lipinski definition) is 2. The van der Waals surface area contributed by atoms with Crippen LogP contribution >= 0.6 is 11.6 Å². The number of carboxylic acid groups (broad SMARTS) is 1. The van der Waals surface area contributed by atoms with Crippen LogP contribution in [0.1, 0.15) is 38.5 Å². The van der Waals surface area contributed by atoms with Crippen molar-refractivity contribution in [2.45, 2.75) is 49.9 Å². The number of halogens is 1. The molecule has 0 amide bonds. The molecule has 16 heavy (non-hydrogen) atoms. The molecule has 1 heterocycles. The molecule has 92 valence electrons. The van der Waals surface area contributed by atoms with E-state index < -0.39 is 11.3 Å². The Labute approximate surface area is 102 Å². The monoisotopic (exact) mass is 245 g/mol. The van der Waals surface area contributed by atoms with E-state index in [2.05, 4.69) is 4.90 Å². The second-order valence-corrected chi connectivity index (χ2v) is 5.58. The van der Waals surface area contributed by atoms with Crippen LogP contribution in [-0.4, -0.2) is 40.5 Å². The standard InChI is InChI=1S/C12H20ClNO2/c13-10(12(15)16)8-14-7-3-6-11(14)9-4-1-2-5-9/h9-11H,1-8H2,(H,15,16). The second-order valence-electron chi connectivity index (χ2n) is 5.05. The van der Waals surface area contributed by atoms with E-state index in [1.54, 1.807) is 0 Å². The average Bonchev–Trinajstić information content (AvgIpc) is 2.85. The van der Waals surface area contributed by atoms with Gasteiger partial charge in [0.2, 0.25) is 0 Å². The number of carbonyl (C=O) groups is 1. The van der Waals surface area contributed by atoms with Gasteiger partial charge < -0.3 is 5.11 Å². The molecular weight excluding hydrogens is 226 g/mol.